The fourth-order valence-electron chi connectivity index (χ4n) is 2.05. The van der Waals surface area contributed by atoms with Crippen molar-refractivity contribution in [3.8, 4) is 0 Å². The molecule has 0 aliphatic carbocycles. The van der Waals surface area contributed by atoms with Gasteiger partial charge in [0.15, 0.2) is 0 Å². The van der Waals surface area contributed by atoms with Crippen LogP contribution in [0, 0.1) is 0 Å². The molecule has 1 aromatic rings. The minimum atomic E-state index is -0.413. The van der Waals surface area contributed by atoms with E-state index in [9.17, 15) is 5.11 Å². The van der Waals surface area contributed by atoms with Crippen molar-refractivity contribution in [2.45, 2.75) is 30.6 Å². The molecule has 1 aliphatic rings. The van der Waals surface area contributed by atoms with Gasteiger partial charge in [-0.3, -0.25) is 0 Å². The fourth-order valence-corrected chi connectivity index (χ4v) is 3.58. The Kier molecular flexibility index (Phi) is 3.29. The van der Waals surface area contributed by atoms with Crippen LogP contribution >= 0.6 is 23.4 Å². The molecule has 0 amide bonds. The Bertz CT molecular complexity index is 347. The summed E-state index contributed by atoms with van der Waals surface area (Å²) in [5.74, 6) is 1.15. The summed E-state index contributed by atoms with van der Waals surface area (Å²) < 4.78 is -0.0370. The van der Waals surface area contributed by atoms with Crippen molar-refractivity contribution < 1.29 is 5.11 Å². The third-order valence-corrected chi connectivity index (χ3v) is 4.81. The highest BCUT2D eigenvalue weighted by Crippen LogP contribution is 2.46. The largest absolute Gasteiger partial charge is 0.387 e. The summed E-state index contributed by atoms with van der Waals surface area (Å²) in [6, 6.07) is 7.53. The van der Waals surface area contributed by atoms with Crippen molar-refractivity contribution in [3.05, 3.63) is 34.9 Å². The van der Waals surface area contributed by atoms with E-state index in [4.69, 9.17) is 11.6 Å². The molecule has 1 aromatic carbocycles. The predicted octanol–water partition coefficient (Wildman–Crippen LogP) is 3.66. The lowest BCUT2D eigenvalue weighted by molar-refractivity contribution is 0.135. The summed E-state index contributed by atoms with van der Waals surface area (Å²) in [4.78, 5) is 0. The van der Waals surface area contributed by atoms with Crippen LogP contribution < -0.4 is 0 Å². The van der Waals surface area contributed by atoms with E-state index in [1.165, 1.54) is 6.42 Å². The van der Waals surface area contributed by atoms with Gasteiger partial charge in [0.25, 0.3) is 0 Å². The SMILES string of the molecule is CC1(C(O)c2cccc(Cl)c2)CCCS1. The molecule has 2 unspecified atom stereocenters. The van der Waals surface area contributed by atoms with Crippen molar-refractivity contribution in [2.24, 2.45) is 0 Å². The lowest BCUT2D eigenvalue weighted by Gasteiger charge is -2.29. The number of halogens is 1. The molecular weight excluding hydrogens is 228 g/mol. The van der Waals surface area contributed by atoms with E-state index in [0.29, 0.717) is 5.02 Å². The maximum absolute atomic E-state index is 10.3. The minimum Gasteiger partial charge on any atom is -0.387 e. The van der Waals surface area contributed by atoms with Crippen LogP contribution in [0.5, 0.6) is 0 Å². The van der Waals surface area contributed by atoms with Crippen LogP contribution in [0.1, 0.15) is 31.4 Å². The molecule has 1 heterocycles. The number of benzene rings is 1. The van der Waals surface area contributed by atoms with Crippen LogP contribution in [-0.2, 0) is 0 Å². The number of rotatable bonds is 2. The van der Waals surface area contributed by atoms with Gasteiger partial charge in [0.1, 0.15) is 0 Å². The second kappa shape index (κ2) is 4.36. The zero-order valence-corrected chi connectivity index (χ0v) is 10.3. The third kappa shape index (κ3) is 2.32. The molecule has 0 spiro atoms. The van der Waals surface area contributed by atoms with Gasteiger partial charge in [-0.2, -0.15) is 11.8 Å². The van der Waals surface area contributed by atoms with Gasteiger partial charge in [-0.25, -0.2) is 0 Å². The molecular formula is C12H15ClOS. The van der Waals surface area contributed by atoms with E-state index in [0.717, 1.165) is 17.7 Å². The van der Waals surface area contributed by atoms with Gasteiger partial charge in [-0.1, -0.05) is 23.7 Å². The molecule has 2 atom stereocenters. The van der Waals surface area contributed by atoms with E-state index < -0.39 is 6.10 Å². The second-order valence-electron chi connectivity index (χ2n) is 4.22. The molecule has 1 aliphatic heterocycles. The van der Waals surface area contributed by atoms with E-state index in [2.05, 4.69) is 6.92 Å². The monoisotopic (exact) mass is 242 g/mol. The summed E-state index contributed by atoms with van der Waals surface area (Å²) in [6.45, 7) is 2.14. The van der Waals surface area contributed by atoms with E-state index in [1.54, 1.807) is 0 Å². The molecule has 1 fully saturated rings. The van der Waals surface area contributed by atoms with Crippen molar-refractivity contribution in [1.82, 2.24) is 0 Å². The number of hydrogen-bond donors (Lipinski definition) is 1. The highest BCUT2D eigenvalue weighted by molar-refractivity contribution is 8.00. The van der Waals surface area contributed by atoms with Crippen molar-refractivity contribution in [2.75, 3.05) is 5.75 Å². The number of hydrogen-bond acceptors (Lipinski definition) is 2. The quantitative estimate of drug-likeness (QED) is 0.854. The van der Waals surface area contributed by atoms with Crippen LogP contribution in [0.25, 0.3) is 0 Å². The molecule has 0 aromatic heterocycles. The summed E-state index contributed by atoms with van der Waals surface area (Å²) in [7, 11) is 0. The molecule has 1 saturated heterocycles. The Morgan fingerprint density at radius 1 is 1.53 bits per heavy atom. The van der Waals surface area contributed by atoms with Gasteiger partial charge < -0.3 is 5.11 Å². The standard InChI is InChI=1S/C12H15ClOS/c1-12(6-3-7-15-12)11(14)9-4-2-5-10(13)8-9/h2,4-5,8,11,14H,3,6-7H2,1H3. The zero-order valence-electron chi connectivity index (χ0n) is 8.74. The Morgan fingerprint density at radius 3 is 2.93 bits per heavy atom. The average Bonchev–Trinajstić information content (AvgIpc) is 2.65. The molecule has 3 heteroatoms. The minimum absolute atomic E-state index is 0.0370. The third-order valence-electron chi connectivity index (χ3n) is 2.99. The summed E-state index contributed by atoms with van der Waals surface area (Å²) in [5.41, 5.74) is 0.930. The number of aliphatic hydroxyl groups excluding tert-OH is 1. The van der Waals surface area contributed by atoms with Crippen molar-refractivity contribution in [3.63, 3.8) is 0 Å². The van der Waals surface area contributed by atoms with E-state index >= 15 is 0 Å². The van der Waals surface area contributed by atoms with E-state index in [1.807, 2.05) is 36.0 Å². The Hall–Kier alpha value is -0.180. The molecule has 0 radical (unpaired) electrons. The van der Waals surface area contributed by atoms with Gasteiger partial charge >= 0.3 is 0 Å². The van der Waals surface area contributed by atoms with Crippen LogP contribution in [0.2, 0.25) is 5.02 Å². The lowest BCUT2D eigenvalue weighted by Crippen LogP contribution is -2.26. The van der Waals surface area contributed by atoms with Crippen LogP contribution in [0.4, 0.5) is 0 Å². The number of thioether (sulfide) groups is 1. The summed E-state index contributed by atoms with van der Waals surface area (Å²) in [5, 5.41) is 11.0. The summed E-state index contributed by atoms with van der Waals surface area (Å²) >= 11 is 7.78. The van der Waals surface area contributed by atoms with Gasteiger partial charge in [0.2, 0.25) is 0 Å². The first-order valence-corrected chi connectivity index (χ1v) is 6.56. The van der Waals surface area contributed by atoms with Crippen LogP contribution in [-0.4, -0.2) is 15.6 Å². The first kappa shape index (κ1) is 11.3. The highest BCUT2D eigenvalue weighted by atomic mass is 35.5. The van der Waals surface area contributed by atoms with Crippen LogP contribution in [0.15, 0.2) is 24.3 Å². The summed E-state index contributed by atoms with van der Waals surface area (Å²) in [6.07, 6.45) is 1.85. The van der Waals surface area contributed by atoms with Crippen molar-refractivity contribution >= 4 is 23.4 Å². The Labute approximate surface area is 99.8 Å². The molecule has 1 N–H and O–H groups in total. The van der Waals surface area contributed by atoms with Crippen molar-refractivity contribution in [1.29, 1.82) is 0 Å². The molecule has 82 valence electrons. The maximum atomic E-state index is 10.3. The first-order chi connectivity index (χ1) is 7.12. The lowest BCUT2D eigenvalue weighted by atomic mass is 9.93. The van der Waals surface area contributed by atoms with Gasteiger partial charge in [0.05, 0.1) is 6.10 Å². The molecule has 1 nitrogen and oxygen atoms in total. The van der Waals surface area contributed by atoms with Gasteiger partial charge in [-0.05, 0) is 43.2 Å². The fraction of sp³-hybridized carbons (Fsp3) is 0.500. The zero-order chi connectivity index (χ0) is 10.9. The second-order valence-corrected chi connectivity index (χ2v) is 6.29. The topological polar surface area (TPSA) is 20.2 Å². The molecule has 0 bridgehead atoms. The Morgan fingerprint density at radius 2 is 2.33 bits per heavy atom. The van der Waals surface area contributed by atoms with Gasteiger partial charge in [0, 0.05) is 9.77 Å². The Balaban J connectivity index is 2.23. The average molecular weight is 243 g/mol. The smallest absolute Gasteiger partial charge is 0.0934 e. The normalized spacial score (nSPS) is 27.9. The molecule has 15 heavy (non-hydrogen) atoms. The highest BCUT2D eigenvalue weighted by Gasteiger charge is 2.37. The molecule has 2 rings (SSSR count). The number of aliphatic hydroxyl groups is 1. The first-order valence-electron chi connectivity index (χ1n) is 5.19. The van der Waals surface area contributed by atoms with Gasteiger partial charge in [-0.15, -0.1) is 0 Å². The predicted molar refractivity (Wildman–Crippen MR) is 66.5 cm³/mol. The van der Waals surface area contributed by atoms with E-state index in [-0.39, 0.29) is 4.75 Å². The molecule has 0 saturated carbocycles. The maximum Gasteiger partial charge on any atom is 0.0934 e. The van der Waals surface area contributed by atoms with Crippen LogP contribution in [0.3, 0.4) is 0 Å².